The fourth-order valence-electron chi connectivity index (χ4n) is 3.49. The number of carbonyl (C=O) groups is 1. The molecule has 0 unspecified atom stereocenters. The SMILES string of the molecule is Cc1ccc(-c2csc(N(CCC(=O)O)C3CCCC3)n2)c(C)c1.Cl. The molecule has 0 spiro atoms. The number of halogens is 1. The van der Waals surface area contributed by atoms with Gasteiger partial charge < -0.3 is 10.0 Å². The lowest BCUT2D eigenvalue weighted by atomic mass is 10.0. The van der Waals surface area contributed by atoms with Gasteiger partial charge in [-0.3, -0.25) is 4.79 Å². The Labute approximate surface area is 159 Å². The molecule has 0 bridgehead atoms. The van der Waals surface area contributed by atoms with Crippen molar-refractivity contribution >= 4 is 34.8 Å². The quantitative estimate of drug-likeness (QED) is 0.759. The number of hydrogen-bond donors (Lipinski definition) is 1. The first-order valence-corrected chi connectivity index (χ1v) is 9.44. The topological polar surface area (TPSA) is 53.4 Å². The Morgan fingerprint density at radius 2 is 2.04 bits per heavy atom. The molecule has 1 saturated carbocycles. The molecule has 1 heterocycles. The van der Waals surface area contributed by atoms with Crippen molar-refractivity contribution in [3.63, 3.8) is 0 Å². The summed E-state index contributed by atoms with van der Waals surface area (Å²) in [6.07, 6.45) is 4.89. The Hall–Kier alpha value is -1.59. The van der Waals surface area contributed by atoms with Crippen molar-refractivity contribution < 1.29 is 9.90 Å². The zero-order valence-corrected chi connectivity index (χ0v) is 16.3. The minimum Gasteiger partial charge on any atom is -0.481 e. The number of benzene rings is 1. The van der Waals surface area contributed by atoms with E-state index in [2.05, 4.69) is 42.3 Å². The molecule has 136 valence electrons. The van der Waals surface area contributed by atoms with Gasteiger partial charge in [-0.05, 0) is 32.3 Å². The smallest absolute Gasteiger partial charge is 0.305 e. The van der Waals surface area contributed by atoms with E-state index in [1.807, 2.05) is 0 Å². The normalized spacial score (nSPS) is 14.3. The zero-order valence-electron chi connectivity index (χ0n) is 14.7. The number of carboxylic acid groups (broad SMARTS) is 1. The van der Waals surface area contributed by atoms with Crippen molar-refractivity contribution in [1.82, 2.24) is 4.98 Å². The van der Waals surface area contributed by atoms with Crippen LogP contribution in [0.1, 0.15) is 43.2 Å². The second-order valence-corrected chi connectivity index (χ2v) is 7.45. The summed E-state index contributed by atoms with van der Waals surface area (Å²) in [6.45, 7) is 4.75. The molecule has 1 fully saturated rings. The Kier molecular flexibility index (Phi) is 6.85. The van der Waals surface area contributed by atoms with Gasteiger partial charge in [-0.1, -0.05) is 36.6 Å². The van der Waals surface area contributed by atoms with Gasteiger partial charge in [-0.15, -0.1) is 23.7 Å². The van der Waals surface area contributed by atoms with Gasteiger partial charge in [0.2, 0.25) is 0 Å². The van der Waals surface area contributed by atoms with E-state index in [0.717, 1.165) is 29.2 Å². The molecule has 25 heavy (non-hydrogen) atoms. The third-order valence-corrected chi connectivity index (χ3v) is 5.61. The van der Waals surface area contributed by atoms with Crippen LogP contribution < -0.4 is 4.90 Å². The predicted molar refractivity (Wildman–Crippen MR) is 106 cm³/mol. The summed E-state index contributed by atoms with van der Waals surface area (Å²) in [5.74, 6) is -0.746. The highest BCUT2D eigenvalue weighted by Crippen LogP contribution is 2.34. The second kappa shape index (κ2) is 8.68. The molecule has 1 N–H and O–H groups in total. The molecule has 1 aromatic carbocycles. The summed E-state index contributed by atoms with van der Waals surface area (Å²) in [7, 11) is 0. The van der Waals surface area contributed by atoms with E-state index in [1.165, 1.54) is 24.0 Å². The average molecular weight is 381 g/mol. The standard InChI is InChI=1S/C19H24N2O2S.ClH/c1-13-7-8-16(14(2)11-13)17-12-24-19(20-17)21(10-9-18(22)23)15-5-3-4-6-15;/h7-8,11-12,15H,3-6,9-10H2,1-2H3,(H,22,23);1H. The highest BCUT2D eigenvalue weighted by atomic mass is 35.5. The van der Waals surface area contributed by atoms with Crippen LogP contribution in [0.15, 0.2) is 23.6 Å². The molecule has 0 radical (unpaired) electrons. The molecule has 6 heteroatoms. The van der Waals surface area contributed by atoms with Gasteiger partial charge in [0.25, 0.3) is 0 Å². The summed E-state index contributed by atoms with van der Waals surface area (Å²) in [6, 6.07) is 6.84. The Balaban J connectivity index is 0.00000225. The van der Waals surface area contributed by atoms with E-state index >= 15 is 0 Å². The second-order valence-electron chi connectivity index (χ2n) is 6.61. The van der Waals surface area contributed by atoms with Crippen molar-refractivity contribution in [2.24, 2.45) is 0 Å². The molecule has 2 aromatic rings. The summed E-state index contributed by atoms with van der Waals surface area (Å²) >= 11 is 1.63. The number of nitrogens with zero attached hydrogens (tertiary/aromatic N) is 2. The Morgan fingerprint density at radius 3 is 2.68 bits per heavy atom. The van der Waals surface area contributed by atoms with Crippen LogP contribution >= 0.6 is 23.7 Å². The van der Waals surface area contributed by atoms with E-state index in [1.54, 1.807) is 11.3 Å². The van der Waals surface area contributed by atoms with E-state index in [-0.39, 0.29) is 18.8 Å². The fraction of sp³-hybridized carbons (Fsp3) is 0.474. The van der Waals surface area contributed by atoms with Crippen molar-refractivity contribution in [2.45, 2.75) is 52.0 Å². The third kappa shape index (κ3) is 4.73. The van der Waals surface area contributed by atoms with Gasteiger partial charge in [-0.25, -0.2) is 4.98 Å². The summed E-state index contributed by atoms with van der Waals surface area (Å²) in [5, 5.41) is 12.1. The highest BCUT2D eigenvalue weighted by molar-refractivity contribution is 7.14. The number of rotatable bonds is 6. The largest absolute Gasteiger partial charge is 0.481 e. The molecule has 1 aromatic heterocycles. The third-order valence-electron chi connectivity index (χ3n) is 4.73. The lowest BCUT2D eigenvalue weighted by Gasteiger charge is -2.28. The molecule has 0 saturated heterocycles. The first-order chi connectivity index (χ1) is 11.5. The van der Waals surface area contributed by atoms with Crippen LogP contribution in [0.3, 0.4) is 0 Å². The van der Waals surface area contributed by atoms with E-state index in [9.17, 15) is 4.79 Å². The molecule has 0 amide bonds. The number of thiazole rings is 1. The summed E-state index contributed by atoms with van der Waals surface area (Å²) < 4.78 is 0. The maximum absolute atomic E-state index is 11.0. The molecule has 4 nitrogen and oxygen atoms in total. The minimum atomic E-state index is -0.746. The molecule has 1 aliphatic rings. The fourth-order valence-corrected chi connectivity index (χ4v) is 4.41. The van der Waals surface area contributed by atoms with Crippen LogP contribution in [0.25, 0.3) is 11.3 Å². The van der Waals surface area contributed by atoms with Gasteiger partial charge >= 0.3 is 5.97 Å². The predicted octanol–water partition coefficient (Wildman–Crippen LogP) is 5.07. The number of aryl methyl sites for hydroxylation is 2. The van der Waals surface area contributed by atoms with Crippen LogP contribution in [0.5, 0.6) is 0 Å². The molecule has 0 atom stereocenters. The molecular formula is C19H25ClN2O2S. The molecular weight excluding hydrogens is 356 g/mol. The van der Waals surface area contributed by atoms with Crippen LogP contribution in [0, 0.1) is 13.8 Å². The lowest BCUT2D eigenvalue weighted by Crippen LogP contribution is -2.35. The van der Waals surface area contributed by atoms with Gasteiger partial charge in [0.05, 0.1) is 12.1 Å². The van der Waals surface area contributed by atoms with E-state index < -0.39 is 5.97 Å². The van der Waals surface area contributed by atoms with Crippen molar-refractivity contribution in [2.75, 3.05) is 11.4 Å². The summed E-state index contributed by atoms with van der Waals surface area (Å²) in [5.41, 5.74) is 4.63. The number of aliphatic carboxylic acids is 1. The molecule has 0 aliphatic heterocycles. The van der Waals surface area contributed by atoms with Crippen LogP contribution in [0.4, 0.5) is 5.13 Å². The minimum absolute atomic E-state index is 0. The lowest BCUT2D eigenvalue weighted by molar-refractivity contribution is -0.136. The number of anilines is 1. The van der Waals surface area contributed by atoms with E-state index in [4.69, 9.17) is 10.1 Å². The van der Waals surface area contributed by atoms with Crippen LogP contribution in [-0.2, 0) is 4.79 Å². The monoisotopic (exact) mass is 380 g/mol. The van der Waals surface area contributed by atoms with Gasteiger partial charge in [0.15, 0.2) is 5.13 Å². The van der Waals surface area contributed by atoms with Crippen molar-refractivity contribution in [1.29, 1.82) is 0 Å². The maximum Gasteiger partial charge on any atom is 0.305 e. The molecule has 1 aliphatic carbocycles. The van der Waals surface area contributed by atoms with Crippen molar-refractivity contribution in [3.05, 3.63) is 34.7 Å². The number of carboxylic acids is 1. The molecule has 3 rings (SSSR count). The van der Waals surface area contributed by atoms with Crippen LogP contribution in [0.2, 0.25) is 0 Å². The first kappa shape index (κ1) is 19.7. The van der Waals surface area contributed by atoms with Gasteiger partial charge in [0, 0.05) is 23.5 Å². The van der Waals surface area contributed by atoms with Gasteiger partial charge in [0.1, 0.15) is 0 Å². The Bertz CT molecular complexity index is 726. The average Bonchev–Trinajstić information content (AvgIpc) is 3.19. The zero-order chi connectivity index (χ0) is 17.1. The summed E-state index contributed by atoms with van der Waals surface area (Å²) in [4.78, 5) is 18.1. The number of hydrogen-bond acceptors (Lipinski definition) is 4. The van der Waals surface area contributed by atoms with Crippen LogP contribution in [-0.4, -0.2) is 28.6 Å². The maximum atomic E-state index is 11.0. The highest BCUT2D eigenvalue weighted by Gasteiger charge is 2.25. The van der Waals surface area contributed by atoms with E-state index in [0.29, 0.717) is 12.6 Å². The number of aromatic nitrogens is 1. The van der Waals surface area contributed by atoms with Gasteiger partial charge in [-0.2, -0.15) is 0 Å². The Morgan fingerprint density at radius 1 is 1.32 bits per heavy atom. The first-order valence-electron chi connectivity index (χ1n) is 8.56. The van der Waals surface area contributed by atoms with Crippen molar-refractivity contribution in [3.8, 4) is 11.3 Å².